The Morgan fingerprint density at radius 2 is 1.65 bits per heavy atom. The summed E-state index contributed by atoms with van der Waals surface area (Å²) in [5, 5.41) is 0. The molecule has 0 unspecified atom stereocenters. The first-order valence-corrected chi connectivity index (χ1v) is 8.54. The Balaban J connectivity index is 0.00000243. The van der Waals surface area contributed by atoms with Gasteiger partial charge in [0.1, 0.15) is 0 Å². The van der Waals surface area contributed by atoms with Gasteiger partial charge in [0.2, 0.25) is 0 Å². The van der Waals surface area contributed by atoms with Crippen LogP contribution in [0.15, 0.2) is 48.5 Å². The fraction of sp³-hybridized carbons (Fsp3) is 0.300. The zero-order valence-corrected chi connectivity index (χ0v) is 15.7. The van der Waals surface area contributed by atoms with E-state index in [9.17, 15) is 9.59 Å². The van der Waals surface area contributed by atoms with E-state index in [4.69, 9.17) is 5.73 Å². The minimum atomic E-state index is -0.232. The summed E-state index contributed by atoms with van der Waals surface area (Å²) in [6, 6.07) is 15.2. The summed E-state index contributed by atoms with van der Waals surface area (Å²) in [5.41, 5.74) is 8.38. The largest absolute Gasteiger partial charge is 0.399 e. The Hall–Kier alpha value is -2.37. The van der Waals surface area contributed by atoms with Gasteiger partial charge in [0.15, 0.2) is 0 Å². The molecule has 2 aromatic rings. The first-order valence-electron chi connectivity index (χ1n) is 8.54. The predicted octanol–water partition coefficient (Wildman–Crippen LogP) is 3.20. The van der Waals surface area contributed by atoms with Crippen LogP contribution in [0, 0.1) is 0 Å². The average Bonchev–Trinajstić information content (AvgIpc) is 2.83. The summed E-state index contributed by atoms with van der Waals surface area (Å²) in [5.74, 6) is -0.442. The van der Waals surface area contributed by atoms with E-state index in [1.165, 1.54) is 10.5 Å². The predicted molar refractivity (Wildman–Crippen MR) is 105 cm³/mol. The van der Waals surface area contributed by atoms with Gasteiger partial charge < -0.3 is 10.6 Å². The Morgan fingerprint density at radius 1 is 0.962 bits per heavy atom. The number of carbonyl (C=O) groups excluding carboxylic acids is 2. The Labute approximate surface area is 160 Å². The molecule has 6 heteroatoms. The minimum Gasteiger partial charge on any atom is -0.399 e. The SMILES string of the molecule is CN(CCCCN1C(=O)c2ccc(N)cc2C1=O)Cc1ccccc1.Cl. The number of imide groups is 1. The second kappa shape index (κ2) is 8.83. The van der Waals surface area contributed by atoms with E-state index >= 15 is 0 Å². The molecule has 26 heavy (non-hydrogen) atoms. The molecule has 138 valence electrons. The van der Waals surface area contributed by atoms with Gasteiger partial charge in [0, 0.05) is 18.8 Å². The number of nitrogens with two attached hydrogens (primary N) is 1. The fourth-order valence-corrected chi connectivity index (χ4v) is 3.14. The van der Waals surface area contributed by atoms with Gasteiger partial charge >= 0.3 is 0 Å². The molecule has 1 aliphatic rings. The van der Waals surface area contributed by atoms with Crippen LogP contribution in [-0.4, -0.2) is 41.8 Å². The Kier molecular flexibility index (Phi) is 6.77. The molecule has 0 bridgehead atoms. The Morgan fingerprint density at radius 3 is 2.38 bits per heavy atom. The van der Waals surface area contributed by atoms with E-state index < -0.39 is 0 Å². The number of unbranched alkanes of at least 4 members (excludes halogenated alkanes) is 1. The van der Waals surface area contributed by atoms with Crippen molar-refractivity contribution >= 4 is 29.9 Å². The zero-order valence-electron chi connectivity index (χ0n) is 14.9. The van der Waals surface area contributed by atoms with Crippen molar-refractivity contribution in [2.75, 3.05) is 25.9 Å². The van der Waals surface area contributed by atoms with Crippen molar-refractivity contribution in [1.82, 2.24) is 9.80 Å². The van der Waals surface area contributed by atoms with Crippen molar-refractivity contribution in [2.45, 2.75) is 19.4 Å². The molecular formula is C20H24ClN3O2. The second-order valence-electron chi connectivity index (χ2n) is 6.50. The van der Waals surface area contributed by atoms with Crippen molar-refractivity contribution in [2.24, 2.45) is 0 Å². The molecule has 0 radical (unpaired) electrons. The second-order valence-corrected chi connectivity index (χ2v) is 6.50. The first-order chi connectivity index (χ1) is 12.1. The van der Waals surface area contributed by atoms with Gasteiger partial charge in [-0.05, 0) is 50.2 Å². The number of carbonyl (C=O) groups is 2. The highest BCUT2D eigenvalue weighted by Crippen LogP contribution is 2.25. The van der Waals surface area contributed by atoms with Crippen molar-refractivity contribution in [3.8, 4) is 0 Å². The third-order valence-corrected chi connectivity index (χ3v) is 4.46. The van der Waals surface area contributed by atoms with Crippen LogP contribution in [0.4, 0.5) is 5.69 Å². The summed E-state index contributed by atoms with van der Waals surface area (Å²) in [4.78, 5) is 28.3. The monoisotopic (exact) mass is 373 g/mol. The van der Waals surface area contributed by atoms with Crippen molar-refractivity contribution < 1.29 is 9.59 Å². The molecular weight excluding hydrogens is 350 g/mol. The topological polar surface area (TPSA) is 66.6 Å². The van der Waals surface area contributed by atoms with E-state index in [0.29, 0.717) is 23.4 Å². The fourth-order valence-electron chi connectivity index (χ4n) is 3.14. The van der Waals surface area contributed by atoms with Crippen LogP contribution >= 0.6 is 12.4 Å². The lowest BCUT2D eigenvalue weighted by Gasteiger charge is -2.18. The molecule has 0 saturated carbocycles. The summed E-state index contributed by atoms with van der Waals surface area (Å²) in [6.45, 7) is 2.27. The van der Waals surface area contributed by atoms with E-state index in [0.717, 1.165) is 25.9 Å². The molecule has 0 fully saturated rings. The molecule has 5 nitrogen and oxygen atoms in total. The number of hydrogen-bond donors (Lipinski definition) is 1. The molecule has 1 aliphatic heterocycles. The molecule has 2 amide bonds. The number of benzene rings is 2. The third-order valence-electron chi connectivity index (χ3n) is 4.46. The van der Waals surface area contributed by atoms with Crippen LogP contribution in [0.3, 0.4) is 0 Å². The molecule has 0 atom stereocenters. The van der Waals surface area contributed by atoms with Crippen LogP contribution in [0.5, 0.6) is 0 Å². The molecule has 2 aromatic carbocycles. The standard InChI is InChI=1S/C20H23N3O2.ClH/c1-22(14-15-7-3-2-4-8-15)11-5-6-12-23-19(24)17-10-9-16(21)13-18(17)20(23)25;/h2-4,7-10,13H,5-6,11-12,14,21H2,1H3;1H. The van der Waals surface area contributed by atoms with Gasteiger partial charge in [-0.2, -0.15) is 0 Å². The maximum absolute atomic E-state index is 12.4. The van der Waals surface area contributed by atoms with Gasteiger partial charge in [0.05, 0.1) is 11.1 Å². The van der Waals surface area contributed by atoms with E-state index in [2.05, 4.69) is 24.1 Å². The van der Waals surface area contributed by atoms with Crippen molar-refractivity contribution in [1.29, 1.82) is 0 Å². The van der Waals surface area contributed by atoms with E-state index in [1.807, 2.05) is 18.2 Å². The number of nitrogen functional groups attached to an aromatic ring is 1. The number of halogens is 1. The quantitative estimate of drug-likeness (QED) is 0.460. The van der Waals surface area contributed by atoms with Crippen LogP contribution < -0.4 is 5.73 Å². The lowest BCUT2D eigenvalue weighted by molar-refractivity contribution is 0.0650. The molecule has 0 aromatic heterocycles. The Bertz CT molecular complexity index is 780. The third kappa shape index (κ3) is 4.42. The first kappa shape index (κ1) is 19.9. The number of anilines is 1. The lowest BCUT2D eigenvalue weighted by atomic mass is 10.1. The number of rotatable bonds is 7. The van der Waals surface area contributed by atoms with Crippen LogP contribution in [0.2, 0.25) is 0 Å². The summed E-state index contributed by atoms with van der Waals surface area (Å²) >= 11 is 0. The molecule has 0 saturated heterocycles. The summed E-state index contributed by atoms with van der Waals surface area (Å²) in [7, 11) is 2.08. The molecule has 1 heterocycles. The normalized spacial score (nSPS) is 13.1. The van der Waals surface area contributed by atoms with Gasteiger partial charge in [0.25, 0.3) is 11.8 Å². The maximum Gasteiger partial charge on any atom is 0.261 e. The molecule has 2 N–H and O–H groups in total. The molecule has 3 rings (SSSR count). The van der Waals surface area contributed by atoms with Gasteiger partial charge in [-0.3, -0.25) is 14.5 Å². The van der Waals surface area contributed by atoms with Gasteiger partial charge in [-0.1, -0.05) is 30.3 Å². The highest BCUT2D eigenvalue weighted by molar-refractivity contribution is 6.21. The molecule has 0 spiro atoms. The smallest absolute Gasteiger partial charge is 0.261 e. The average molecular weight is 374 g/mol. The van der Waals surface area contributed by atoms with Crippen molar-refractivity contribution in [3.05, 3.63) is 65.2 Å². The van der Waals surface area contributed by atoms with Crippen LogP contribution in [0.25, 0.3) is 0 Å². The summed E-state index contributed by atoms with van der Waals surface area (Å²) in [6.07, 6.45) is 1.72. The number of fused-ring (bicyclic) bond motifs is 1. The van der Waals surface area contributed by atoms with Gasteiger partial charge in [-0.25, -0.2) is 0 Å². The van der Waals surface area contributed by atoms with E-state index in [1.54, 1.807) is 18.2 Å². The van der Waals surface area contributed by atoms with Gasteiger partial charge in [-0.15, -0.1) is 12.4 Å². The number of amides is 2. The molecule has 0 aliphatic carbocycles. The maximum atomic E-state index is 12.4. The zero-order chi connectivity index (χ0) is 17.8. The van der Waals surface area contributed by atoms with Crippen molar-refractivity contribution in [3.63, 3.8) is 0 Å². The minimum absolute atomic E-state index is 0. The number of nitrogens with zero attached hydrogens (tertiary/aromatic N) is 2. The number of hydrogen-bond acceptors (Lipinski definition) is 4. The highest BCUT2D eigenvalue weighted by atomic mass is 35.5. The van der Waals surface area contributed by atoms with Crippen LogP contribution in [-0.2, 0) is 6.54 Å². The highest BCUT2D eigenvalue weighted by Gasteiger charge is 2.34. The van der Waals surface area contributed by atoms with Crippen LogP contribution in [0.1, 0.15) is 39.1 Å². The lowest BCUT2D eigenvalue weighted by Crippen LogP contribution is -2.31. The summed E-state index contributed by atoms with van der Waals surface area (Å²) < 4.78 is 0. The van der Waals surface area contributed by atoms with E-state index in [-0.39, 0.29) is 24.2 Å².